The number of benzene rings is 2. The first-order valence-electron chi connectivity index (χ1n) is 10.7. The summed E-state index contributed by atoms with van der Waals surface area (Å²) in [5.41, 5.74) is 5.68. The average molecular weight is 458 g/mol. The lowest BCUT2D eigenvalue weighted by Gasteiger charge is -2.23. The first-order valence-corrected chi connectivity index (χ1v) is 10.7. The molecule has 0 aliphatic rings. The zero-order chi connectivity index (χ0) is 24.6. The van der Waals surface area contributed by atoms with Gasteiger partial charge in [0, 0.05) is 16.8 Å². The van der Waals surface area contributed by atoms with Crippen LogP contribution < -0.4 is 16.4 Å². The van der Waals surface area contributed by atoms with Crippen LogP contribution in [0.4, 0.5) is 10.5 Å². The molecule has 2 aromatic rings. The normalized spacial score (nSPS) is 12.0. The zero-order valence-corrected chi connectivity index (χ0v) is 19.1. The molecule has 1 unspecified atom stereocenters. The van der Waals surface area contributed by atoms with Gasteiger partial charge in [-0.2, -0.15) is 0 Å². The quantitative estimate of drug-likeness (QED) is 0.360. The van der Waals surface area contributed by atoms with Crippen molar-refractivity contribution in [1.82, 2.24) is 5.32 Å². The highest BCUT2D eigenvalue weighted by Gasteiger charge is 2.25. The van der Waals surface area contributed by atoms with Crippen molar-refractivity contribution in [1.29, 1.82) is 0 Å². The number of phenols is 1. The summed E-state index contributed by atoms with van der Waals surface area (Å²) in [6.45, 7) is 5.63. The van der Waals surface area contributed by atoms with Gasteiger partial charge in [0.15, 0.2) is 0 Å². The third kappa shape index (κ3) is 7.80. The molecule has 0 bridgehead atoms. The molecule has 0 heterocycles. The van der Waals surface area contributed by atoms with E-state index in [9.17, 15) is 24.6 Å². The largest absolute Gasteiger partial charge is 0.507 e. The van der Waals surface area contributed by atoms with Crippen molar-refractivity contribution in [3.8, 4) is 16.9 Å². The number of hydrogen-bond donors (Lipinski definition) is 5. The summed E-state index contributed by atoms with van der Waals surface area (Å²) in [7, 11) is 0. The molecule has 2 rings (SSSR count). The van der Waals surface area contributed by atoms with Crippen LogP contribution in [-0.2, 0) is 9.53 Å². The molecule has 9 heteroatoms. The van der Waals surface area contributed by atoms with Gasteiger partial charge in [-0.3, -0.25) is 4.79 Å². The third-order valence-corrected chi connectivity index (χ3v) is 4.67. The number of rotatable bonds is 9. The SMILES string of the molecule is CC(C)(C)OC(=O)NC(CCCCN)C(=O)Nc1ccc(C(=O)O)c(-c2ccccc2O)c1. The van der Waals surface area contributed by atoms with E-state index in [2.05, 4.69) is 10.6 Å². The Balaban J connectivity index is 2.28. The standard InChI is InChI=1S/C24H31N3O6/c1-24(2,3)33-23(32)27-19(9-6-7-13-25)21(29)26-15-11-12-17(22(30)31)18(14-15)16-8-4-5-10-20(16)28/h4-5,8,10-12,14,19,28H,6-7,9,13,25H2,1-3H3,(H,26,29)(H,27,32)(H,30,31). The summed E-state index contributed by atoms with van der Waals surface area (Å²) in [5, 5.41) is 25.0. The molecular weight excluding hydrogens is 426 g/mol. The molecule has 0 fully saturated rings. The molecule has 0 aromatic heterocycles. The molecule has 1 atom stereocenters. The van der Waals surface area contributed by atoms with Crippen molar-refractivity contribution in [3.63, 3.8) is 0 Å². The Bertz CT molecular complexity index is 1000. The fraction of sp³-hybridized carbons (Fsp3) is 0.375. The second kappa shape index (κ2) is 11.3. The van der Waals surface area contributed by atoms with Crippen LogP contribution in [0.25, 0.3) is 11.1 Å². The molecule has 178 valence electrons. The van der Waals surface area contributed by atoms with Crippen LogP contribution >= 0.6 is 0 Å². The number of aromatic hydroxyl groups is 1. The predicted molar refractivity (Wildman–Crippen MR) is 125 cm³/mol. The number of para-hydroxylation sites is 1. The minimum Gasteiger partial charge on any atom is -0.507 e. The number of unbranched alkanes of at least 4 members (excludes halogenated alkanes) is 1. The van der Waals surface area contributed by atoms with Crippen molar-refractivity contribution in [2.24, 2.45) is 5.73 Å². The van der Waals surface area contributed by atoms with Crippen LogP contribution in [-0.4, -0.2) is 46.4 Å². The summed E-state index contributed by atoms with van der Waals surface area (Å²) in [4.78, 5) is 36.9. The number of carboxylic acids is 1. The fourth-order valence-electron chi connectivity index (χ4n) is 3.17. The number of hydrogen-bond acceptors (Lipinski definition) is 6. The van der Waals surface area contributed by atoms with Crippen molar-refractivity contribution >= 4 is 23.7 Å². The van der Waals surface area contributed by atoms with Crippen molar-refractivity contribution in [2.45, 2.75) is 51.7 Å². The lowest BCUT2D eigenvalue weighted by atomic mass is 9.98. The van der Waals surface area contributed by atoms with Gasteiger partial charge in [-0.05, 0) is 70.8 Å². The van der Waals surface area contributed by atoms with E-state index in [0.717, 1.165) is 0 Å². The number of phenolic OH excluding ortho intramolecular Hbond substituents is 1. The van der Waals surface area contributed by atoms with Crippen LogP contribution in [0.3, 0.4) is 0 Å². The molecule has 6 N–H and O–H groups in total. The summed E-state index contributed by atoms with van der Waals surface area (Å²) < 4.78 is 5.26. The van der Waals surface area contributed by atoms with Crippen LogP contribution in [0.2, 0.25) is 0 Å². The molecule has 33 heavy (non-hydrogen) atoms. The summed E-state index contributed by atoms with van der Waals surface area (Å²) in [6, 6.07) is 9.73. The van der Waals surface area contributed by atoms with Gasteiger partial charge in [0.1, 0.15) is 17.4 Å². The number of ether oxygens (including phenoxy) is 1. The van der Waals surface area contributed by atoms with Crippen LogP contribution in [0.1, 0.15) is 50.4 Å². The predicted octanol–water partition coefficient (Wildman–Crippen LogP) is 3.72. The van der Waals surface area contributed by atoms with Crippen LogP contribution in [0, 0.1) is 0 Å². The number of nitrogens with two attached hydrogens (primary N) is 1. The molecule has 9 nitrogen and oxygen atoms in total. The molecule has 0 radical (unpaired) electrons. The molecule has 2 amide bonds. The third-order valence-electron chi connectivity index (χ3n) is 4.67. The maximum Gasteiger partial charge on any atom is 0.408 e. The lowest BCUT2D eigenvalue weighted by Crippen LogP contribution is -2.45. The number of anilines is 1. The summed E-state index contributed by atoms with van der Waals surface area (Å²) in [6.07, 6.45) is 0.934. The van der Waals surface area contributed by atoms with Crippen LogP contribution in [0.15, 0.2) is 42.5 Å². The number of amides is 2. The number of alkyl carbamates (subject to hydrolysis) is 1. The number of aromatic carboxylic acids is 1. The summed E-state index contributed by atoms with van der Waals surface area (Å²) >= 11 is 0. The highest BCUT2D eigenvalue weighted by Crippen LogP contribution is 2.33. The molecule has 0 saturated heterocycles. The number of nitrogens with one attached hydrogen (secondary N) is 2. The lowest BCUT2D eigenvalue weighted by molar-refractivity contribution is -0.118. The molecule has 0 saturated carbocycles. The van der Waals surface area contributed by atoms with Gasteiger partial charge >= 0.3 is 12.1 Å². The minimum atomic E-state index is -1.17. The van der Waals surface area contributed by atoms with Gasteiger partial charge < -0.3 is 31.3 Å². The highest BCUT2D eigenvalue weighted by molar-refractivity contribution is 6.01. The summed E-state index contributed by atoms with van der Waals surface area (Å²) in [5.74, 6) is -1.74. The number of carboxylic acid groups (broad SMARTS) is 1. The van der Waals surface area contributed by atoms with Crippen molar-refractivity contribution in [3.05, 3.63) is 48.0 Å². The van der Waals surface area contributed by atoms with E-state index in [1.54, 1.807) is 39.0 Å². The minimum absolute atomic E-state index is 0.0270. The molecule has 2 aromatic carbocycles. The van der Waals surface area contributed by atoms with Gasteiger partial charge in [0.2, 0.25) is 5.91 Å². The topological polar surface area (TPSA) is 151 Å². The van der Waals surface area contributed by atoms with E-state index >= 15 is 0 Å². The van der Waals surface area contributed by atoms with Crippen molar-refractivity contribution < 1.29 is 29.3 Å². The Morgan fingerprint density at radius 2 is 1.76 bits per heavy atom. The second-order valence-corrected chi connectivity index (χ2v) is 8.56. The highest BCUT2D eigenvalue weighted by atomic mass is 16.6. The van der Waals surface area contributed by atoms with E-state index in [1.807, 2.05) is 0 Å². The smallest absolute Gasteiger partial charge is 0.408 e. The van der Waals surface area contributed by atoms with E-state index < -0.39 is 29.6 Å². The Kier molecular flexibility index (Phi) is 8.81. The van der Waals surface area contributed by atoms with Gasteiger partial charge in [0.25, 0.3) is 0 Å². The van der Waals surface area contributed by atoms with Gasteiger partial charge in [-0.15, -0.1) is 0 Å². The van der Waals surface area contributed by atoms with Gasteiger partial charge in [0.05, 0.1) is 5.56 Å². The first-order chi connectivity index (χ1) is 15.5. The molecule has 0 aliphatic heterocycles. The fourth-order valence-corrected chi connectivity index (χ4v) is 3.17. The maximum absolute atomic E-state index is 13.0. The Morgan fingerprint density at radius 1 is 1.06 bits per heavy atom. The maximum atomic E-state index is 13.0. The van der Waals surface area contributed by atoms with E-state index in [1.165, 1.54) is 24.3 Å². The Labute approximate surface area is 192 Å². The van der Waals surface area contributed by atoms with Gasteiger partial charge in [-0.25, -0.2) is 9.59 Å². The zero-order valence-electron chi connectivity index (χ0n) is 19.1. The first kappa shape index (κ1) is 25.7. The number of carbonyl (C=O) groups is 3. The Morgan fingerprint density at radius 3 is 2.36 bits per heavy atom. The van der Waals surface area contributed by atoms with E-state index in [0.29, 0.717) is 37.1 Å². The van der Waals surface area contributed by atoms with Crippen LogP contribution in [0.5, 0.6) is 5.75 Å². The number of carbonyl (C=O) groups excluding carboxylic acids is 2. The van der Waals surface area contributed by atoms with Gasteiger partial charge in [-0.1, -0.05) is 18.2 Å². The Hall–Kier alpha value is -3.59. The molecular formula is C24H31N3O6. The average Bonchev–Trinajstić information content (AvgIpc) is 2.72. The molecule has 0 aliphatic carbocycles. The van der Waals surface area contributed by atoms with E-state index in [-0.39, 0.29) is 16.9 Å². The van der Waals surface area contributed by atoms with E-state index in [4.69, 9.17) is 10.5 Å². The van der Waals surface area contributed by atoms with Crippen molar-refractivity contribution in [2.75, 3.05) is 11.9 Å². The molecule has 0 spiro atoms. The monoisotopic (exact) mass is 457 g/mol. The second-order valence-electron chi connectivity index (χ2n) is 8.56.